The Bertz CT molecular complexity index is 1130. The molecule has 2 aliphatic carbocycles. The second-order valence-corrected chi connectivity index (χ2v) is 17.4. The zero-order valence-electron chi connectivity index (χ0n) is 22.9. The van der Waals surface area contributed by atoms with Crippen LogP contribution >= 0.6 is 0 Å². The minimum Gasteiger partial charge on any atom is -0.748 e. The number of carbonyl (C=O) groups is 1. The molecular weight excluding hydrogens is 583 g/mol. The van der Waals surface area contributed by atoms with Crippen molar-refractivity contribution in [3.8, 4) is 0 Å². The lowest BCUT2D eigenvalue weighted by Crippen LogP contribution is -3.61. The predicted octanol–water partition coefficient (Wildman–Crippen LogP) is 3.34. The Kier molecular flexibility index (Phi) is 8.25. The first kappa shape index (κ1) is 29.3. The van der Waals surface area contributed by atoms with Crippen molar-refractivity contribution in [2.24, 2.45) is 16.7 Å². The summed E-state index contributed by atoms with van der Waals surface area (Å²) in [5, 5.41) is 0. The van der Waals surface area contributed by atoms with E-state index in [1.165, 1.54) is 18.3 Å². The third-order valence-corrected chi connectivity index (χ3v) is 11.7. The van der Waals surface area contributed by atoms with Gasteiger partial charge >= 0.3 is 21.2 Å². The molecule has 0 spiro atoms. The van der Waals surface area contributed by atoms with Crippen molar-refractivity contribution in [2.75, 3.05) is 5.75 Å². The molecule has 4 nitrogen and oxygen atoms in total. The van der Waals surface area contributed by atoms with Gasteiger partial charge in [0, 0.05) is 11.8 Å². The van der Waals surface area contributed by atoms with Gasteiger partial charge in [0.1, 0.15) is 5.78 Å². The zero-order chi connectivity index (χ0) is 27.2. The van der Waals surface area contributed by atoms with Crippen LogP contribution in [0, 0.1) is 23.9 Å². The fraction of sp³-hybridized carbons (Fsp3) is 0.567. The number of rotatable bonds is 4. The van der Waals surface area contributed by atoms with E-state index in [9.17, 15) is 17.8 Å². The Morgan fingerprint density at radius 1 is 0.861 bits per heavy atom. The van der Waals surface area contributed by atoms with Gasteiger partial charge in [-0.3, -0.25) is 4.79 Å². The SMILES string of the molecule is CC(C)(C)c1ccc([I+]c2ccc(C(C)(C)C)cc2)cc1.CC1(C)C2CCC1(CS(=O)(=O)[O-])C(=O)C2. The summed E-state index contributed by atoms with van der Waals surface area (Å²) in [6.07, 6.45) is 1.88. The van der Waals surface area contributed by atoms with E-state index in [-0.39, 0.29) is 49.2 Å². The largest absolute Gasteiger partial charge is 0.748 e. The summed E-state index contributed by atoms with van der Waals surface area (Å²) in [6, 6.07) is 18.4. The molecule has 2 unspecified atom stereocenters. The van der Waals surface area contributed by atoms with Gasteiger partial charge < -0.3 is 4.55 Å². The Hall–Kier alpha value is -1.25. The lowest BCUT2D eigenvalue weighted by Gasteiger charge is -2.37. The maximum absolute atomic E-state index is 11.8. The Morgan fingerprint density at radius 2 is 1.28 bits per heavy atom. The predicted molar refractivity (Wildman–Crippen MR) is 141 cm³/mol. The molecule has 2 aromatic carbocycles. The summed E-state index contributed by atoms with van der Waals surface area (Å²) in [4.78, 5) is 11.8. The Balaban J connectivity index is 0.000000212. The molecule has 4 rings (SSSR count). The van der Waals surface area contributed by atoms with Crippen molar-refractivity contribution in [1.82, 2.24) is 0 Å². The van der Waals surface area contributed by atoms with Crippen LogP contribution in [-0.4, -0.2) is 24.5 Å². The molecule has 2 bridgehead atoms. The van der Waals surface area contributed by atoms with Crippen LogP contribution in [0.2, 0.25) is 0 Å². The molecule has 36 heavy (non-hydrogen) atoms. The Labute approximate surface area is 228 Å². The third-order valence-electron chi connectivity index (χ3n) is 8.20. The summed E-state index contributed by atoms with van der Waals surface area (Å²) in [5.74, 6) is -0.280. The van der Waals surface area contributed by atoms with Gasteiger partial charge in [0.2, 0.25) is 0 Å². The normalized spacial score (nSPS) is 23.4. The molecule has 2 fully saturated rings. The summed E-state index contributed by atoms with van der Waals surface area (Å²) >= 11 is -0.0703. The van der Waals surface area contributed by atoms with E-state index in [1.54, 1.807) is 0 Å². The van der Waals surface area contributed by atoms with E-state index in [0.29, 0.717) is 12.8 Å². The van der Waals surface area contributed by atoms with E-state index in [1.807, 2.05) is 13.8 Å². The molecule has 2 aliphatic rings. The number of fused-ring (bicyclic) bond motifs is 2. The van der Waals surface area contributed by atoms with E-state index in [2.05, 4.69) is 90.1 Å². The molecule has 0 N–H and O–H groups in total. The van der Waals surface area contributed by atoms with Gasteiger partial charge in [-0.2, -0.15) is 0 Å². The fourth-order valence-corrected chi connectivity index (χ4v) is 9.00. The van der Waals surface area contributed by atoms with Crippen molar-refractivity contribution >= 4 is 15.9 Å². The zero-order valence-corrected chi connectivity index (χ0v) is 25.9. The second-order valence-electron chi connectivity index (χ2n) is 13.0. The standard InChI is InChI=1S/C20H26I.C10H16O4S/c1-19(2,3)15-7-11-17(12-8-15)21-18-13-9-16(10-14-18)20(4,5)6;1-9(2)7-3-4-10(9,8(11)5-7)6-15(12,13)14/h7-14H,1-6H3;7H,3-6H2,1-2H3,(H,12,13,14)/q+1;/p-1. The quantitative estimate of drug-likeness (QED) is 0.387. The number of halogens is 1. The van der Waals surface area contributed by atoms with Crippen molar-refractivity contribution in [2.45, 2.75) is 85.5 Å². The summed E-state index contributed by atoms with van der Waals surface area (Å²) < 4.78 is 35.7. The number of hydrogen-bond acceptors (Lipinski definition) is 4. The molecule has 0 aliphatic heterocycles. The number of carbonyl (C=O) groups excluding carboxylic acids is 1. The van der Waals surface area contributed by atoms with Gasteiger partial charge in [0.25, 0.3) is 0 Å². The molecule has 2 aromatic rings. The average Bonchev–Trinajstić information content (AvgIpc) is 3.07. The lowest BCUT2D eigenvalue weighted by atomic mass is 9.70. The van der Waals surface area contributed by atoms with Crippen LogP contribution in [0.3, 0.4) is 0 Å². The lowest BCUT2D eigenvalue weighted by molar-refractivity contribution is -0.597. The van der Waals surface area contributed by atoms with E-state index < -0.39 is 21.3 Å². The third kappa shape index (κ3) is 6.41. The topological polar surface area (TPSA) is 74.3 Å². The molecule has 0 amide bonds. The van der Waals surface area contributed by atoms with Gasteiger partial charge in [-0.05, 0) is 70.4 Å². The summed E-state index contributed by atoms with van der Waals surface area (Å²) in [7, 11) is -4.33. The molecule has 0 heterocycles. The smallest absolute Gasteiger partial charge is 0.357 e. The molecule has 0 aromatic heterocycles. The first-order valence-corrected chi connectivity index (χ1v) is 16.4. The van der Waals surface area contributed by atoms with Crippen molar-refractivity contribution in [1.29, 1.82) is 0 Å². The van der Waals surface area contributed by atoms with Gasteiger partial charge in [0.05, 0.1) is 15.9 Å². The molecule has 2 saturated carbocycles. The molecule has 2 atom stereocenters. The van der Waals surface area contributed by atoms with Crippen molar-refractivity contribution < 1.29 is 39.0 Å². The molecule has 198 valence electrons. The fourth-order valence-electron chi connectivity index (χ4n) is 5.56. The highest BCUT2D eigenvalue weighted by Gasteiger charge is 2.64. The number of ketones is 1. The first-order valence-electron chi connectivity index (χ1n) is 12.7. The van der Waals surface area contributed by atoms with Crippen LogP contribution in [0.25, 0.3) is 0 Å². The number of Topliss-reactive ketones (excluding diaryl/α,β-unsaturated/α-hetero) is 1. The highest BCUT2D eigenvalue weighted by atomic mass is 127. The monoisotopic (exact) mass is 624 g/mol. The summed E-state index contributed by atoms with van der Waals surface area (Å²) in [6.45, 7) is 17.4. The highest BCUT2D eigenvalue weighted by Crippen LogP contribution is 2.64. The summed E-state index contributed by atoms with van der Waals surface area (Å²) in [5.41, 5.74) is 2.09. The van der Waals surface area contributed by atoms with Crippen LogP contribution < -0.4 is 21.2 Å². The molecule has 0 radical (unpaired) electrons. The van der Waals surface area contributed by atoms with Crippen LogP contribution in [0.15, 0.2) is 48.5 Å². The van der Waals surface area contributed by atoms with Crippen LogP contribution in [0.5, 0.6) is 0 Å². The van der Waals surface area contributed by atoms with Crippen LogP contribution in [0.4, 0.5) is 0 Å². The van der Waals surface area contributed by atoms with E-state index in [4.69, 9.17) is 0 Å². The van der Waals surface area contributed by atoms with Crippen molar-refractivity contribution in [3.63, 3.8) is 0 Å². The maximum atomic E-state index is 11.8. The van der Waals surface area contributed by atoms with Gasteiger partial charge in [-0.25, -0.2) is 8.42 Å². The first-order chi connectivity index (χ1) is 16.3. The second kappa shape index (κ2) is 10.1. The highest BCUT2D eigenvalue weighted by molar-refractivity contribution is 7.85. The molecule has 0 saturated heterocycles. The van der Waals surface area contributed by atoms with Crippen molar-refractivity contribution in [3.05, 3.63) is 66.8 Å². The van der Waals surface area contributed by atoms with Crippen LogP contribution in [-0.2, 0) is 25.7 Å². The van der Waals surface area contributed by atoms with Gasteiger partial charge in [-0.1, -0.05) is 79.7 Å². The maximum Gasteiger partial charge on any atom is 0.357 e. The molecule has 6 heteroatoms. The van der Waals surface area contributed by atoms with Crippen LogP contribution in [0.1, 0.15) is 85.8 Å². The van der Waals surface area contributed by atoms with E-state index >= 15 is 0 Å². The number of hydrogen-bond donors (Lipinski definition) is 0. The Morgan fingerprint density at radius 3 is 1.56 bits per heavy atom. The number of benzene rings is 2. The van der Waals surface area contributed by atoms with Gasteiger partial charge in [-0.15, -0.1) is 0 Å². The van der Waals surface area contributed by atoms with Gasteiger partial charge in [0.15, 0.2) is 7.14 Å². The minimum absolute atomic E-state index is 0.0248. The molecular formula is C30H41IO4S. The average molecular weight is 625 g/mol. The minimum atomic E-state index is -4.33. The van der Waals surface area contributed by atoms with E-state index in [0.717, 1.165) is 6.42 Å².